The van der Waals surface area contributed by atoms with Gasteiger partial charge < -0.3 is 15.0 Å². The van der Waals surface area contributed by atoms with E-state index in [0.29, 0.717) is 15.9 Å². The highest BCUT2D eigenvalue weighted by Gasteiger charge is 2.08. The third kappa shape index (κ3) is 1.57. The average Bonchev–Trinajstić information content (AvgIpc) is 2.26. The summed E-state index contributed by atoms with van der Waals surface area (Å²) in [5.74, 6) is 0.574. The summed E-state index contributed by atoms with van der Waals surface area (Å²) < 4.78 is 7.20. The van der Waals surface area contributed by atoms with Crippen LogP contribution >= 0.6 is 15.9 Å². The molecule has 0 saturated carbocycles. The number of nitrogen functional groups attached to an aromatic ring is 1. The van der Waals surface area contributed by atoms with Crippen molar-refractivity contribution < 1.29 is 4.74 Å². The molecule has 0 radical (unpaired) electrons. The molecule has 0 unspecified atom stereocenters. The molecule has 0 aliphatic rings. The number of ether oxygens (including phenoxy) is 1. The van der Waals surface area contributed by atoms with Crippen LogP contribution in [0.25, 0.3) is 10.9 Å². The number of pyridine rings is 1. The fourth-order valence-electron chi connectivity index (χ4n) is 1.65. The number of rotatable bonds is 1. The summed E-state index contributed by atoms with van der Waals surface area (Å²) in [6.45, 7) is 0. The Hall–Kier alpha value is -1.49. The molecule has 1 heterocycles. The summed E-state index contributed by atoms with van der Waals surface area (Å²) in [7, 11) is 3.26. The lowest BCUT2D eigenvalue weighted by atomic mass is 10.2. The molecule has 2 rings (SSSR count). The maximum absolute atomic E-state index is 11.7. The second-order valence-electron chi connectivity index (χ2n) is 3.51. The number of hydrogen-bond acceptors (Lipinski definition) is 3. The lowest BCUT2D eigenvalue weighted by molar-refractivity contribution is 0.417. The Morgan fingerprint density at radius 3 is 2.69 bits per heavy atom. The maximum atomic E-state index is 11.7. The van der Waals surface area contributed by atoms with Crippen molar-refractivity contribution in [2.24, 2.45) is 7.05 Å². The third-order valence-electron chi connectivity index (χ3n) is 2.53. The zero-order valence-corrected chi connectivity index (χ0v) is 10.5. The summed E-state index contributed by atoms with van der Waals surface area (Å²) >= 11 is 3.22. The van der Waals surface area contributed by atoms with Crippen LogP contribution in [0.5, 0.6) is 5.75 Å². The quantitative estimate of drug-likeness (QED) is 0.813. The molecule has 0 spiro atoms. The van der Waals surface area contributed by atoms with Gasteiger partial charge >= 0.3 is 0 Å². The van der Waals surface area contributed by atoms with Gasteiger partial charge in [-0.05, 0) is 28.1 Å². The summed E-state index contributed by atoms with van der Waals surface area (Å²) in [5.41, 5.74) is 7.07. The SMILES string of the molecule is COc1cc2c(cc1N)cc(Br)c(=O)n2C. The van der Waals surface area contributed by atoms with E-state index in [1.54, 1.807) is 36.9 Å². The number of methoxy groups -OCH3 is 1. The molecule has 16 heavy (non-hydrogen) atoms. The topological polar surface area (TPSA) is 57.2 Å². The van der Waals surface area contributed by atoms with Gasteiger partial charge in [0, 0.05) is 18.5 Å². The molecule has 2 aromatic rings. The van der Waals surface area contributed by atoms with Gasteiger partial charge in [-0.3, -0.25) is 4.79 Å². The summed E-state index contributed by atoms with van der Waals surface area (Å²) in [4.78, 5) is 11.7. The number of anilines is 1. The van der Waals surface area contributed by atoms with E-state index in [0.717, 1.165) is 10.9 Å². The predicted octanol–water partition coefficient (Wildman–Crippen LogP) is 1.89. The molecule has 0 aliphatic heterocycles. The van der Waals surface area contributed by atoms with Gasteiger partial charge in [-0.2, -0.15) is 0 Å². The van der Waals surface area contributed by atoms with E-state index in [1.165, 1.54) is 0 Å². The van der Waals surface area contributed by atoms with Crippen LogP contribution in [0, 0.1) is 0 Å². The average molecular weight is 283 g/mol. The number of hydrogen-bond donors (Lipinski definition) is 1. The number of nitrogens with zero attached hydrogens (tertiary/aromatic N) is 1. The molecular formula is C11H11BrN2O2. The van der Waals surface area contributed by atoms with Gasteiger partial charge in [-0.25, -0.2) is 0 Å². The molecule has 0 amide bonds. The van der Waals surface area contributed by atoms with Crippen LogP contribution in [0.4, 0.5) is 5.69 Å². The van der Waals surface area contributed by atoms with E-state index < -0.39 is 0 Å². The van der Waals surface area contributed by atoms with E-state index in [2.05, 4.69) is 15.9 Å². The van der Waals surface area contributed by atoms with Gasteiger partial charge in [-0.1, -0.05) is 0 Å². The van der Waals surface area contributed by atoms with Crippen molar-refractivity contribution in [1.29, 1.82) is 0 Å². The fraction of sp³-hybridized carbons (Fsp3) is 0.182. The first-order valence-electron chi connectivity index (χ1n) is 4.67. The first-order chi connectivity index (χ1) is 7.54. The van der Waals surface area contributed by atoms with Crippen molar-refractivity contribution in [3.63, 3.8) is 0 Å². The molecule has 4 nitrogen and oxygen atoms in total. The lowest BCUT2D eigenvalue weighted by Gasteiger charge is -2.10. The Balaban J connectivity index is 2.92. The Bertz CT molecular complexity index is 619. The van der Waals surface area contributed by atoms with Gasteiger partial charge in [0.25, 0.3) is 5.56 Å². The zero-order chi connectivity index (χ0) is 11.9. The molecular weight excluding hydrogens is 272 g/mol. The van der Waals surface area contributed by atoms with Crippen molar-refractivity contribution in [3.8, 4) is 5.75 Å². The number of benzene rings is 1. The van der Waals surface area contributed by atoms with E-state index in [-0.39, 0.29) is 5.56 Å². The fourth-order valence-corrected chi connectivity index (χ4v) is 2.17. The highest BCUT2D eigenvalue weighted by atomic mass is 79.9. The molecule has 0 bridgehead atoms. The molecule has 1 aromatic heterocycles. The van der Waals surface area contributed by atoms with Crippen molar-refractivity contribution in [2.45, 2.75) is 0 Å². The van der Waals surface area contributed by atoms with Crippen LogP contribution in [0.15, 0.2) is 27.5 Å². The van der Waals surface area contributed by atoms with Gasteiger partial charge in [0.05, 0.1) is 22.8 Å². The minimum atomic E-state index is -0.0840. The number of fused-ring (bicyclic) bond motifs is 1. The highest BCUT2D eigenvalue weighted by Crippen LogP contribution is 2.27. The Kier molecular flexibility index (Phi) is 2.63. The van der Waals surface area contributed by atoms with Gasteiger partial charge in [-0.15, -0.1) is 0 Å². The molecule has 5 heteroatoms. The van der Waals surface area contributed by atoms with Crippen LogP contribution in [-0.2, 0) is 7.05 Å². The van der Waals surface area contributed by atoms with E-state index in [4.69, 9.17) is 10.5 Å². The van der Waals surface area contributed by atoms with Crippen LogP contribution in [-0.4, -0.2) is 11.7 Å². The Morgan fingerprint density at radius 2 is 2.06 bits per heavy atom. The molecule has 0 saturated heterocycles. The third-order valence-corrected chi connectivity index (χ3v) is 3.10. The van der Waals surface area contributed by atoms with Crippen LogP contribution in [0.1, 0.15) is 0 Å². The van der Waals surface area contributed by atoms with Crippen molar-refractivity contribution >= 4 is 32.5 Å². The summed E-state index contributed by atoms with van der Waals surface area (Å²) in [5, 5.41) is 0.896. The minimum Gasteiger partial charge on any atom is -0.495 e. The van der Waals surface area contributed by atoms with E-state index in [9.17, 15) is 4.79 Å². The van der Waals surface area contributed by atoms with Gasteiger partial charge in [0.1, 0.15) is 5.75 Å². The molecule has 1 aromatic carbocycles. The summed E-state index contributed by atoms with van der Waals surface area (Å²) in [6, 6.07) is 5.31. The second-order valence-corrected chi connectivity index (χ2v) is 4.36. The van der Waals surface area contributed by atoms with E-state index in [1.807, 2.05) is 0 Å². The first-order valence-corrected chi connectivity index (χ1v) is 5.46. The molecule has 2 N–H and O–H groups in total. The standard InChI is InChI=1S/C11H11BrN2O2/c1-14-9-5-10(16-2)8(13)4-6(9)3-7(12)11(14)15/h3-5H,13H2,1-2H3. The molecule has 0 fully saturated rings. The highest BCUT2D eigenvalue weighted by molar-refractivity contribution is 9.10. The minimum absolute atomic E-state index is 0.0840. The Labute approximate surface area is 101 Å². The maximum Gasteiger partial charge on any atom is 0.265 e. The van der Waals surface area contributed by atoms with Crippen molar-refractivity contribution in [3.05, 3.63) is 33.0 Å². The van der Waals surface area contributed by atoms with Crippen molar-refractivity contribution in [1.82, 2.24) is 4.57 Å². The number of aromatic nitrogens is 1. The largest absolute Gasteiger partial charge is 0.495 e. The first kappa shape index (κ1) is 11.0. The Morgan fingerprint density at radius 1 is 1.38 bits per heavy atom. The number of aryl methyl sites for hydroxylation is 1. The monoisotopic (exact) mass is 282 g/mol. The second kappa shape index (κ2) is 3.83. The molecule has 0 aliphatic carbocycles. The van der Waals surface area contributed by atoms with Crippen LogP contribution in [0.2, 0.25) is 0 Å². The predicted molar refractivity (Wildman–Crippen MR) is 67.9 cm³/mol. The van der Waals surface area contributed by atoms with E-state index >= 15 is 0 Å². The van der Waals surface area contributed by atoms with Crippen LogP contribution in [0.3, 0.4) is 0 Å². The molecule has 84 valence electrons. The normalized spacial score (nSPS) is 10.7. The number of halogens is 1. The number of nitrogens with two attached hydrogens (primary N) is 1. The van der Waals surface area contributed by atoms with Gasteiger partial charge in [0.2, 0.25) is 0 Å². The zero-order valence-electron chi connectivity index (χ0n) is 8.95. The van der Waals surface area contributed by atoms with Crippen molar-refractivity contribution in [2.75, 3.05) is 12.8 Å². The lowest BCUT2D eigenvalue weighted by Crippen LogP contribution is -2.17. The smallest absolute Gasteiger partial charge is 0.265 e. The van der Waals surface area contributed by atoms with Crippen LogP contribution < -0.4 is 16.0 Å². The van der Waals surface area contributed by atoms with Gasteiger partial charge in [0.15, 0.2) is 0 Å². The molecule has 0 atom stereocenters. The summed E-state index contributed by atoms with van der Waals surface area (Å²) in [6.07, 6.45) is 0.